The number of rotatable bonds is 32. The van der Waals surface area contributed by atoms with Crippen molar-refractivity contribution >= 4 is 190 Å². The number of aromatic nitrogens is 3. The largest absolute Gasteiger partial charge is 0.870 e. The van der Waals surface area contributed by atoms with Crippen LogP contribution in [0.25, 0.3) is 0 Å². The first-order valence-electron chi connectivity index (χ1n) is 34.1. The lowest BCUT2D eigenvalue weighted by Gasteiger charge is -2.21. The number of amides is 1. The van der Waals surface area contributed by atoms with Crippen LogP contribution in [0.3, 0.4) is 0 Å². The maximum Gasteiger partial charge on any atom is 0.417 e. The number of ether oxygens (including phenoxy) is 10. The number of methoxy groups -OCH3 is 2. The number of nitro benzene ring substituents is 2. The summed E-state index contributed by atoms with van der Waals surface area (Å²) in [5.41, 5.74) is 7.94. The van der Waals surface area contributed by atoms with Gasteiger partial charge in [0.15, 0.2) is 71.7 Å². The topological polar surface area (TPSA) is 492 Å². The van der Waals surface area contributed by atoms with Gasteiger partial charge in [0.05, 0.1) is 73.5 Å². The Hall–Kier alpha value is -9.44. The van der Waals surface area contributed by atoms with Crippen LogP contribution in [0.5, 0.6) is 46.0 Å². The average molecular weight is 1960 g/mol. The first kappa shape index (κ1) is 112. The summed E-state index contributed by atoms with van der Waals surface area (Å²) < 4.78 is 128. The smallest absolute Gasteiger partial charge is 0.417 e. The molecule has 8 aromatic rings. The van der Waals surface area contributed by atoms with Gasteiger partial charge in [-0.05, 0) is 145 Å². The van der Waals surface area contributed by atoms with E-state index in [9.17, 15) is 80.4 Å². The van der Waals surface area contributed by atoms with Gasteiger partial charge in [0.2, 0.25) is 0 Å². The number of aromatic amines is 3. The van der Waals surface area contributed by atoms with Crippen LogP contribution in [0, 0.1) is 38.0 Å². The Labute approximate surface area is 755 Å². The van der Waals surface area contributed by atoms with E-state index in [0.717, 1.165) is 50.7 Å². The molecule has 11 rings (SSSR count). The molecule has 1 amide bonds. The number of aliphatic carboxylic acids is 1. The van der Waals surface area contributed by atoms with E-state index in [4.69, 9.17) is 114 Å². The molecule has 3 heterocycles. The molecular weight excluding hydrogens is 1880 g/mol. The standard InChI is InChI=1S/C27H23Cl2F2N3O8.C20H17Cl2F2NO6.C18H17Cl2F2NO3.C7H8N2O3.C2Cl2O2.3H2O.3H2S/c1-39-23-9-16(34(37)38)5-6-20(23)33-25(35)26(36)41-22(10-17-18(28)11-32-12-19(17)29)15-4-7-21(42-27(30)31)24(8-15)40-13-14-2-3-14;21-13-7-25-8-14(22)12(13)6-16(30-19(28)18(26)27)11-3-4-15(31-20(23)24)17(5-11)29-9-10-1-2-10;19-13-7-23-8-14(20)12(13)6-15(24)11-3-4-16(26-18(21)22)17(5-11)25-9-10-1-2-10;1-12-7-4-5(9(10)11)2-3-6(7)8;3-1(5)2(4)6;;;;;;/h4-9,11-12,14,22,27H,2-3,10,13H2,1H3,(H,33,35);3-5,7-8,10,16,20H,1-2,6,9H2,(H,26,27);3-5,7-8,10,15,18,24H,1-2,6,9H2;2-4H,8H2,1H3;;6*1H2/t22-;16-;15-;;;;;;;;/m000......../s1. The number of nitrogens with one attached hydrogen (secondary N) is 4. The Kier molecular flexibility index (Phi) is 49.3. The first-order valence-corrected chi connectivity index (χ1v) is 37.1. The van der Waals surface area contributed by atoms with Gasteiger partial charge in [0, 0.05) is 48.1 Å². The minimum Gasteiger partial charge on any atom is -0.870 e. The van der Waals surface area contributed by atoms with Gasteiger partial charge in [-0.3, -0.25) is 34.6 Å². The molecule has 0 aliphatic heterocycles. The molecule has 3 aliphatic carbocycles. The maximum atomic E-state index is 13.0. The summed E-state index contributed by atoms with van der Waals surface area (Å²) in [6, 6.07) is 19.9. The zero-order valence-electron chi connectivity index (χ0n) is 63.5. The summed E-state index contributed by atoms with van der Waals surface area (Å²) in [6.45, 7) is -8.09. The van der Waals surface area contributed by atoms with Gasteiger partial charge < -0.3 is 85.1 Å². The number of aliphatic hydroxyl groups excluding tert-OH is 1. The van der Waals surface area contributed by atoms with Crippen LogP contribution in [0.15, 0.2) is 128 Å². The molecule has 3 fully saturated rings. The molecule has 0 bridgehead atoms. The second-order valence-electron chi connectivity index (χ2n) is 25.0. The number of carboxylic acids is 1. The minimum absolute atomic E-state index is 0. The second-order valence-corrected chi connectivity index (χ2v) is 28.1. The fraction of sp³-hybridized carbons (Fsp3) is 0.311. The normalized spacial score (nSPS) is 12.6. The van der Waals surface area contributed by atoms with Crippen LogP contribution < -0.4 is 63.9 Å². The number of benzene rings is 5. The Morgan fingerprint density at radius 1 is 0.472 bits per heavy atom. The van der Waals surface area contributed by atoms with Crippen LogP contribution in [0.2, 0.25) is 30.1 Å². The predicted octanol–water partition coefficient (Wildman–Crippen LogP) is 15.7. The fourth-order valence-corrected chi connectivity index (χ4v) is 11.6. The van der Waals surface area contributed by atoms with E-state index in [1.807, 2.05) is 0 Å². The Balaban J connectivity index is 0.000000833. The molecule has 3 aromatic heterocycles. The molecule has 11 N–H and O–H groups in total. The number of carbonyl (C=O) groups excluding carboxylic acids is 5. The van der Waals surface area contributed by atoms with Crippen LogP contribution in [-0.4, -0.2) is 125 Å². The van der Waals surface area contributed by atoms with Crippen molar-refractivity contribution in [3.05, 3.63) is 212 Å². The third-order valence-electron chi connectivity index (χ3n) is 16.4. The van der Waals surface area contributed by atoms with Crippen molar-refractivity contribution in [2.45, 2.75) is 95.9 Å². The third kappa shape index (κ3) is 36.7. The number of aliphatic hydroxyl groups is 1. The molecule has 0 radical (unpaired) electrons. The minimum atomic E-state index is -3.11. The molecule has 3 atom stereocenters. The lowest BCUT2D eigenvalue weighted by molar-refractivity contribution is -0.385. The van der Waals surface area contributed by atoms with E-state index in [2.05, 4.69) is 57.7 Å². The number of pyridine rings is 3. The lowest BCUT2D eigenvalue weighted by Crippen LogP contribution is -2.27. The summed E-state index contributed by atoms with van der Waals surface area (Å²) in [7, 11) is 2.65. The summed E-state index contributed by atoms with van der Waals surface area (Å²) in [5.74, 6) is -4.73. The Morgan fingerprint density at radius 2 is 0.789 bits per heavy atom. The van der Waals surface area contributed by atoms with Crippen molar-refractivity contribution in [2.24, 2.45) is 17.8 Å². The fourth-order valence-electron chi connectivity index (χ4n) is 9.97. The van der Waals surface area contributed by atoms with E-state index in [0.29, 0.717) is 80.3 Å². The van der Waals surface area contributed by atoms with Gasteiger partial charge in [-0.15, -0.1) is 0 Å². The number of hydrogen-bond donors (Lipinski definition) is 4. The quantitative estimate of drug-likeness (QED) is 0.00578. The van der Waals surface area contributed by atoms with Gasteiger partial charge in [-0.25, -0.2) is 29.3 Å². The number of anilines is 2. The third-order valence-corrected chi connectivity index (χ3v) is 18.9. The number of non-ortho nitro benzene ring substituents is 2. The number of esters is 2. The van der Waals surface area contributed by atoms with E-state index in [-0.39, 0.29) is 166 Å². The van der Waals surface area contributed by atoms with E-state index in [1.165, 1.54) is 118 Å². The average Bonchev–Trinajstić information content (AvgIpc) is 1.76. The summed E-state index contributed by atoms with van der Waals surface area (Å²) in [6.07, 6.45) is 11.7. The van der Waals surface area contributed by atoms with Gasteiger partial charge in [0.25, 0.3) is 11.4 Å². The van der Waals surface area contributed by atoms with Crippen LogP contribution in [0.1, 0.15) is 90.2 Å². The molecule has 49 heteroatoms. The second kappa shape index (κ2) is 54.3. The van der Waals surface area contributed by atoms with E-state index in [1.54, 1.807) is 12.4 Å². The maximum absolute atomic E-state index is 13.0. The highest BCUT2D eigenvalue weighted by Gasteiger charge is 2.32. The highest BCUT2D eigenvalue weighted by atomic mass is 35.5. The number of H-pyrrole nitrogens is 3. The van der Waals surface area contributed by atoms with Crippen molar-refractivity contribution in [1.82, 2.24) is 0 Å². The summed E-state index contributed by atoms with van der Waals surface area (Å²) >= 11 is 46.2. The summed E-state index contributed by atoms with van der Waals surface area (Å²) in [5, 5.41) is 42.6. The van der Waals surface area contributed by atoms with Crippen molar-refractivity contribution in [2.75, 3.05) is 45.1 Å². The van der Waals surface area contributed by atoms with Crippen molar-refractivity contribution in [3.8, 4) is 46.0 Å². The SMILES string of the molecule is COc1cc([N+](=O)[O-])ccc1N.COc1cc([N+](=O)[O-])ccc1NC(=O)C(=O)O[C@@H](Cc1c(Cl)c[nH+]cc1Cl)c1ccc(OC(F)F)c(OCC2CC2)c1.O=C(Cl)C(=O)Cl.O=C(O)C(=O)O[C@@H](Cc1c(Cl)c[nH+]cc1Cl)c1ccc(OC(F)F)c(OCC2CC2)c1.O[C@@H](Cc1c(Cl)c[nH+]cc1Cl)c1ccc(OC(F)F)c(OCC2CC2)c1.S.S.S.[OH-].[OH-].[OH-]. The number of nitrogens with two attached hydrogens (primary N) is 1. The monoisotopic (exact) mass is 1950 g/mol. The van der Waals surface area contributed by atoms with Gasteiger partial charge >= 0.3 is 54.1 Å². The predicted molar refractivity (Wildman–Crippen MR) is 445 cm³/mol. The Morgan fingerprint density at radius 3 is 1.11 bits per heavy atom. The molecule has 3 saturated carbocycles. The van der Waals surface area contributed by atoms with Crippen LogP contribution in [0.4, 0.5) is 49.1 Å². The zero-order valence-corrected chi connectivity index (χ0v) is 72.5. The molecule has 0 saturated heterocycles. The number of nitrogens with zero attached hydrogens (tertiary/aromatic N) is 2. The van der Waals surface area contributed by atoms with Gasteiger partial charge in [0.1, 0.15) is 53.8 Å². The van der Waals surface area contributed by atoms with Crippen molar-refractivity contribution in [1.29, 1.82) is 0 Å². The van der Waals surface area contributed by atoms with Gasteiger partial charge in [-0.1, -0.05) is 87.8 Å². The highest BCUT2D eigenvalue weighted by Crippen LogP contribution is 2.43. The number of carbonyl (C=O) groups is 6. The molecule has 3 aliphatic rings. The molecule has 0 unspecified atom stereocenters. The molecule has 32 nitrogen and oxygen atoms in total. The Bertz CT molecular complexity index is 4810. The first-order chi connectivity index (χ1) is 55.5. The summed E-state index contributed by atoms with van der Waals surface area (Å²) in [4.78, 5) is 95.9. The zero-order chi connectivity index (χ0) is 85.9. The molecular formula is C74H77Cl8F6N7O25S3. The van der Waals surface area contributed by atoms with Crippen molar-refractivity contribution < 1.29 is 154 Å². The lowest BCUT2D eigenvalue weighted by atomic mass is 10.0. The number of carboxylic acid groups (broad SMARTS) is 1. The van der Waals surface area contributed by atoms with Gasteiger partial charge in [-0.2, -0.15) is 66.8 Å². The molecule has 123 heavy (non-hydrogen) atoms. The number of nitrogen functional groups attached to an aromatic ring is 1. The van der Waals surface area contributed by atoms with Crippen LogP contribution in [-0.2, 0) is 57.5 Å². The molecule has 0 spiro atoms. The number of hydrogen-bond acceptors (Lipinski definition) is 25. The highest BCUT2D eigenvalue weighted by molar-refractivity contribution is 7.59. The van der Waals surface area contributed by atoms with Crippen LogP contribution >= 0.6 is 133 Å². The number of halogens is 14. The molecule has 5 aromatic carbocycles. The van der Waals surface area contributed by atoms with Crippen molar-refractivity contribution in [3.63, 3.8) is 0 Å². The number of alkyl halides is 6. The number of nitro groups is 2. The van der Waals surface area contributed by atoms with E-state index < -0.39 is 82.3 Å². The van der Waals surface area contributed by atoms with E-state index >= 15 is 0 Å². The molecule has 674 valence electrons.